The van der Waals surface area contributed by atoms with Crippen molar-refractivity contribution in [3.05, 3.63) is 89.8 Å². The Morgan fingerprint density at radius 2 is 1.55 bits per heavy atom. The van der Waals surface area contributed by atoms with E-state index in [0.29, 0.717) is 0 Å². The predicted molar refractivity (Wildman–Crippen MR) is 140 cm³/mol. The summed E-state index contributed by atoms with van der Waals surface area (Å²) in [5.41, 5.74) is 3.93. The molecule has 3 heteroatoms. The van der Waals surface area contributed by atoms with E-state index in [1.54, 1.807) is 0 Å². The number of benzene rings is 3. The van der Waals surface area contributed by atoms with Gasteiger partial charge >= 0.3 is 0 Å². The van der Waals surface area contributed by atoms with E-state index in [0.717, 1.165) is 0 Å². The van der Waals surface area contributed by atoms with E-state index in [9.17, 15) is 0 Å². The van der Waals surface area contributed by atoms with Crippen LogP contribution < -0.4 is 4.90 Å². The maximum atomic E-state index is 2.43. The van der Waals surface area contributed by atoms with Gasteiger partial charge in [-0.3, -0.25) is 0 Å². The molecule has 0 aliphatic heterocycles. The van der Waals surface area contributed by atoms with E-state index in [-0.39, 0.29) is 0 Å². The molecule has 0 atom stereocenters. The summed E-state index contributed by atoms with van der Waals surface area (Å²) in [4.78, 5) is 2.43. The summed E-state index contributed by atoms with van der Waals surface area (Å²) in [6, 6.07) is 28.9. The molecule has 0 aliphatic carbocycles. The topological polar surface area (TPSA) is 3.24 Å². The molecular weight excluding hydrogens is 414 g/mol. The van der Waals surface area contributed by atoms with Gasteiger partial charge in [-0.25, -0.2) is 0 Å². The number of hydrogen-bond donors (Lipinski definition) is 0. The van der Waals surface area contributed by atoms with Gasteiger partial charge in [-0.15, -0.1) is 22.7 Å². The van der Waals surface area contributed by atoms with Crippen molar-refractivity contribution in [3.63, 3.8) is 0 Å². The Bertz CT molecular complexity index is 1250. The minimum absolute atomic E-state index is 1.17. The SMILES string of the molecule is CCCCCCc1ccc(N(c2cc3ccccc3s2)c2csc3ccccc23)cc1. The van der Waals surface area contributed by atoms with Crippen LogP contribution in [0.1, 0.15) is 38.2 Å². The van der Waals surface area contributed by atoms with Crippen molar-refractivity contribution in [2.24, 2.45) is 0 Å². The summed E-state index contributed by atoms with van der Waals surface area (Å²) >= 11 is 3.68. The molecule has 5 rings (SSSR count). The average molecular weight is 442 g/mol. The molecule has 0 amide bonds. The Labute approximate surface area is 192 Å². The van der Waals surface area contributed by atoms with Crippen molar-refractivity contribution in [2.75, 3.05) is 4.90 Å². The summed E-state index contributed by atoms with van der Waals surface area (Å²) < 4.78 is 2.66. The zero-order valence-corrected chi connectivity index (χ0v) is 19.5. The quantitative estimate of drug-likeness (QED) is 0.217. The van der Waals surface area contributed by atoms with E-state index in [2.05, 4.69) is 96.1 Å². The first-order valence-electron chi connectivity index (χ1n) is 11.2. The highest BCUT2D eigenvalue weighted by atomic mass is 32.1. The normalized spacial score (nSPS) is 11.4. The van der Waals surface area contributed by atoms with Crippen LogP contribution in [-0.2, 0) is 6.42 Å². The van der Waals surface area contributed by atoms with Gasteiger partial charge in [0.1, 0.15) is 5.00 Å². The Morgan fingerprint density at radius 1 is 0.774 bits per heavy atom. The molecule has 3 aromatic carbocycles. The molecule has 0 spiro atoms. The third-order valence-electron chi connectivity index (χ3n) is 5.85. The second kappa shape index (κ2) is 9.25. The Hall–Kier alpha value is -2.62. The van der Waals surface area contributed by atoms with Crippen LogP contribution >= 0.6 is 22.7 Å². The maximum absolute atomic E-state index is 2.43. The fourth-order valence-electron chi connectivity index (χ4n) is 4.17. The lowest BCUT2D eigenvalue weighted by atomic mass is 10.1. The molecule has 0 fully saturated rings. The number of rotatable bonds is 8. The molecule has 0 bridgehead atoms. The minimum atomic E-state index is 1.17. The molecule has 2 heterocycles. The zero-order chi connectivity index (χ0) is 21.0. The standard InChI is InChI=1S/C28H27NS2/c1-2-3-4-5-10-21-15-17-23(18-16-21)29(25-20-30-27-14-9-7-12-24(25)27)28-19-22-11-6-8-13-26(22)31-28/h6-9,11-20H,2-5,10H2,1H3. The van der Waals surface area contributed by atoms with Crippen LogP contribution in [-0.4, -0.2) is 0 Å². The summed E-state index contributed by atoms with van der Waals surface area (Å²) in [5.74, 6) is 0. The van der Waals surface area contributed by atoms with Crippen molar-refractivity contribution in [1.29, 1.82) is 0 Å². The van der Waals surface area contributed by atoms with Crippen LogP contribution in [0.3, 0.4) is 0 Å². The smallest absolute Gasteiger partial charge is 0.101 e. The van der Waals surface area contributed by atoms with E-state index >= 15 is 0 Å². The molecule has 0 N–H and O–H groups in total. The fraction of sp³-hybridized carbons (Fsp3) is 0.214. The highest BCUT2D eigenvalue weighted by Crippen LogP contribution is 2.45. The van der Waals surface area contributed by atoms with Crippen molar-refractivity contribution >= 4 is 59.2 Å². The highest BCUT2D eigenvalue weighted by molar-refractivity contribution is 7.23. The number of nitrogens with zero attached hydrogens (tertiary/aromatic N) is 1. The first kappa shape index (κ1) is 20.3. The van der Waals surface area contributed by atoms with Crippen molar-refractivity contribution in [1.82, 2.24) is 0 Å². The van der Waals surface area contributed by atoms with Gasteiger partial charge in [0.15, 0.2) is 0 Å². The minimum Gasteiger partial charge on any atom is -0.300 e. The van der Waals surface area contributed by atoms with Crippen LogP contribution in [0.2, 0.25) is 0 Å². The lowest BCUT2D eigenvalue weighted by molar-refractivity contribution is 0.667. The zero-order valence-electron chi connectivity index (χ0n) is 17.9. The predicted octanol–water partition coefficient (Wildman–Crippen LogP) is 9.71. The maximum Gasteiger partial charge on any atom is 0.101 e. The molecular formula is C28H27NS2. The van der Waals surface area contributed by atoms with Gasteiger partial charge in [0.25, 0.3) is 0 Å². The van der Waals surface area contributed by atoms with Crippen molar-refractivity contribution < 1.29 is 0 Å². The summed E-state index contributed by atoms with van der Waals surface area (Å²) in [6.45, 7) is 2.27. The molecule has 5 aromatic rings. The lowest BCUT2D eigenvalue weighted by Crippen LogP contribution is -2.07. The number of anilines is 3. The van der Waals surface area contributed by atoms with Gasteiger partial charge in [0, 0.05) is 25.9 Å². The molecule has 0 unspecified atom stereocenters. The van der Waals surface area contributed by atoms with E-state index in [1.807, 2.05) is 22.7 Å². The number of hydrogen-bond acceptors (Lipinski definition) is 3. The average Bonchev–Trinajstić information content (AvgIpc) is 3.43. The monoisotopic (exact) mass is 441 g/mol. The van der Waals surface area contributed by atoms with Gasteiger partial charge in [0.2, 0.25) is 0 Å². The van der Waals surface area contributed by atoms with Gasteiger partial charge in [-0.2, -0.15) is 0 Å². The number of fused-ring (bicyclic) bond motifs is 2. The number of unbranched alkanes of at least 4 members (excludes halogenated alkanes) is 3. The van der Waals surface area contributed by atoms with Crippen LogP contribution in [0.15, 0.2) is 84.2 Å². The summed E-state index contributed by atoms with van der Waals surface area (Å²) in [5, 5.41) is 6.18. The van der Waals surface area contributed by atoms with Crippen LogP contribution in [0.4, 0.5) is 16.4 Å². The summed E-state index contributed by atoms with van der Waals surface area (Å²) in [7, 11) is 0. The highest BCUT2D eigenvalue weighted by Gasteiger charge is 2.18. The van der Waals surface area contributed by atoms with Gasteiger partial charge in [-0.05, 0) is 54.1 Å². The third kappa shape index (κ3) is 4.26. The molecule has 0 aliphatic rings. The Balaban J connectivity index is 1.54. The van der Waals surface area contributed by atoms with Gasteiger partial charge in [-0.1, -0.05) is 74.7 Å². The second-order valence-electron chi connectivity index (χ2n) is 8.05. The molecule has 31 heavy (non-hydrogen) atoms. The molecule has 1 nitrogen and oxygen atoms in total. The van der Waals surface area contributed by atoms with Crippen molar-refractivity contribution in [2.45, 2.75) is 39.0 Å². The third-order valence-corrected chi connectivity index (χ3v) is 7.90. The van der Waals surface area contributed by atoms with Crippen LogP contribution in [0, 0.1) is 0 Å². The molecule has 156 valence electrons. The van der Waals surface area contributed by atoms with E-state index < -0.39 is 0 Å². The Morgan fingerprint density at radius 3 is 2.35 bits per heavy atom. The van der Waals surface area contributed by atoms with E-state index in [1.165, 1.54) is 74.2 Å². The first-order chi connectivity index (χ1) is 15.3. The second-order valence-corrected chi connectivity index (χ2v) is 10.0. The molecule has 2 aromatic heterocycles. The lowest BCUT2D eigenvalue weighted by Gasteiger charge is -2.23. The van der Waals surface area contributed by atoms with Gasteiger partial charge < -0.3 is 4.90 Å². The van der Waals surface area contributed by atoms with Crippen LogP contribution in [0.25, 0.3) is 20.2 Å². The van der Waals surface area contributed by atoms with Crippen LogP contribution in [0.5, 0.6) is 0 Å². The molecule has 0 saturated heterocycles. The van der Waals surface area contributed by atoms with Crippen molar-refractivity contribution in [3.8, 4) is 0 Å². The summed E-state index contributed by atoms with van der Waals surface area (Å²) in [6.07, 6.45) is 6.40. The number of aryl methyl sites for hydroxylation is 1. The largest absolute Gasteiger partial charge is 0.300 e. The fourth-order valence-corrected chi connectivity index (χ4v) is 6.19. The number of thiophene rings is 2. The van der Waals surface area contributed by atoms with Gasteiger partial charge in [0.05, 0.1) is 5.69 Å². The van der Waals surface area contributed by atoms with E-state index in [4.69, 9.17) is 0 Å². The molecule has 0 radical (unpaired) electrons. The molecule has 0 saturated carbocycles. The first-order valence-corrected chi connectivity index (χ1v) is 12.9. The Kier molecular flexibility index (Phi) is 6.06.